The average molecular weight is 219 g/mol. The van der Waals surface area contributed by atoms with Crippen molar-refractivity contribution in [3.8, 4) is 0 Å². The summed E-state index contributed by atoms with van der Waals surface area (Å²) in [5.41, 5.74) is 1.27. The highest BCUT2D eigenvalue weighted by atomic mass is 16.4. The number of rotatable bonds is 2. The molecule has 1 N–H and O–H groups in total. The van der Waals surface area contributed by atoms with Crippen LogP contribution >= 0.6 is 0 Å². The minimum absolute atomic E-state index is 0.334. The average Bonchev–Trinajstić information content (AvgIpc) is 2.30. The van der Waals surface area contributed by atoms with Crippen LogP contribution in [0.3, 0.4) is 0 Å². The molecule has 0 aromatic heterocycles. The number of carbonyl (C=O) groups is 1. The highest BCUT2D eigenvalue weighted by Gasteiger charge is 2.31. The Morgan fingerprint density at radius 3 is 2.69 bits per heavy atom. The summed E-state index contributed by atoms with van der Waals surface area (Å²) in [6.45, 7) is 0.858. The van der Waals surface area contributed by atoms with Crippen LogP contribution < -0.4 is 0 Å². The fraction of sp³-hybridized carbons (Fsp3) is 0.462. The fourth-order valence-corrected chi connectivity index (χ4v) is 2.40. The molecule has 3 nitrogen and oxygen atoms in total. The number of carboxylic acids is 1. The zero-order valence-corrected chi connectivity index (χ0v) is 9.47. The molecule has 16 heavy (non-hydrogen) atoms. The van der Waals surface area contributed by atoms with Gasteiger partial charge in [0.1, 0.15) is 6.04 Å². The van der Waals surface area contributed by atoms with Crippen molar-refractivity contribution in [3.63, 3.8) is 0 Å². The van der Waals surface area contributed by atoms with E-state index in [9.17, 15) is 4.79 Å². The lowest BCUT2D eigenvalue weighted by atomic mass is 9.85. The molecule has 1 saturated heterocycles. The highest BCUT2D eigenvalue weighted by molar-refractivity contribution is 5.73. The number of piperidine rings is 1. The molecule has 2 rings (SSSR count). The van der Waals surface area contributed by atoms with Gasteiger partial charge in [-0.2, -0.15) is 0 Å². The molecule has 2 atom stereocenters. The third-order valence-electron chi connectivity index (χ3n) is 3.43. The van der Waals surface area contributed by atoms with Crippen LogP contribution in [0.4, 0.5) is 0 Å². The van der Waals surface area contributed by atoms with Gasteiger partial charge < -0.3 is 5.11 Å². The number of nitrogens with zero attached hydrogens (tertiary/aromatic N) is 1. The molecule has 3 heteroatoms. The second-order valence-corrected chi connectivity index (χ2v) is 4.47. The van der Waals surface area contributed by atoms with E-state index in [-0.39, 0.29) is 6.04 Å². The normalized spacial score (nSPS) is 26.6. The van der Waals surface area contributed by atoms with Gasteiger partial charge in [0, 0.05) is 0 Å². The summed E-state index contributed by atoms with van der Waals surface area (Å²) in [5, 5.41) is 9.13. The largest absolute Gasteiger partial charge is 0.480 e. The molecule has 0 aliphatic carbocycles. The number of hydrogen-bond donors (Lipinski definition) is 1. The molecule has 0 bridgehead atoms. The van der Waals surface area contributed by atoms with Gasteiger partial charge in [0.25, 0.3) is 0 Å². The van der Waals surface area contributed by atoms with Crippen molar-refractivity contribution in [1.82, 2.24) is 4.90 Å². The predicted octanol–water partition coefficient (Wildman–Crippen LogP) is 1.95. The van der Waals surface area contributed by atoms with Crippen molar-refractivity contribution >= 4 is 5.97 Å². The Balaban J connectivity index is 2.12. The molecular formula is C13H17NO2. The summed E-state index contributed by atoms with van der Waals surface area (Å²) >= 11 is 0. The van der Waals surface area contributed by atoms with E-state index in [1.807, 2.05) is 30.1 Å². The number of aliphatic carboxylic acids is 1. The third-order valence-corrected chi connectivity index (χ3v) is 3.43. The molecule has 1 aliphatic heterocycles. The molecule has 86 valence electrons. The van der Waals surface area contributed by atoms with Gasteiger partial charge in [-0.3, -0.25) is 9.69 Å². The monoisotopic (exact) mass is 219 g/mol. The van der Waals surface area contributed by atoms with Crippen molar-refractivity contribution in [2.24, 2.45) is 0 Å². The van der Waals surface area contributed by atoms with Gasteiger partial charge >= 0.3 is 5.97 Å². The first-order valence-electron chi connectivity index (χ1n) is 5.66. The van der Waals surface area contributed by atoms with Crippen molar-refractivity contribution in [3.05, 3.63) is 35.9 Å². The Morgan fingerprint density at radius 2 is 2.06 bits per heavy atom. The van der Waals surface area contributed by atoms with E-state index >= 15 is 0 Å². The molecular weight excluding hydrogens is 202 g/mol. The number of likely N-dealkylation sites (tertiary alicyclic amines) is 1. The first-order chi connectivity index (χ1) is 7.68. The summed E-state index contributed by atoms with van der Waals surface area (Å²) in [6, 6.07) is 9.88. The van der Waals surface area contributed by atoms with Gasteiger partial charge in [0.05, 0.1) is 0 Å². The minimum Gasteiger partial charge on any atom is -0.480 e. The zero-order valence-electron chi connectivity index (χ0n) is 9.47. The lowest BCUT2D eigenvalue weighted by Gasteiger charge is -2.34. The van der Waals surface area contributed by atoms with Gasteiger partial charge in [0.2, 0.25) is 0 Å². The number of carboxylic acid groups (broad SMARTS) is 1. The molecule has 1 aliphatic rings. The van der Waals surface area contributed by atoms with Crippen LogP contribution in [0.2, 0.25) is 0 Å². The van der Waals surface area contributed by atoms with E-state index < -0.39 is 5.97 Å². The van der Waals surface area contributed by atoms with Crippen LogP contribution in [0.15, 0.2) is 30.3 Å². The van der Waals surface area contributed by atoms with Crippen LogP contribution in [-0.4, -0.2) is 35.6 Å². The van der Waals surface area contributed by atoms with Gasteiger partial charge in [0.15, 0.2) is 0 Å². The fourth-order valence-electron chi connectivity index (χ4n) is 2.40. The number of hydrogen-bond acceptors (Lipinski definition) is 2. The van der Waals surface area contributed by atoms with E-state index in [1.54, 1.807) is 0 Å². The van der Waals surface area contributed by atoms with Crippen molar-refractivity contribution in [1.29, 1.82) is 0 Å². The van der Waals surface area contributed by atoms with Crippen LogP contribution in [0, 0.1) is 0 Å². The Bertz CT molecular complexity index is 363. The van der Waals surface area contributed by atoms with E-state index in [0.29, 0.717) is 5.92 Å². The number of benzene rings is 1. The molecule has 0 spiro atoms. The molecule has 0 saturated carbocycles. The van der Waals surface area contributed by atoms with E-state index in [2.05, 4.69) is 12.1 Å². The van der Waals surface area contributed by atoms with Crippen LogP contribution in [0.1, 0.15) is 24.3 Å². The SMILES string of the molecule is CN1CC[C@H](c2ccccc2)C[C@H]1C(=O)O. The molecule has 1 aromatic carbocycles. The first kappa shape index (κ1) is 11.1. The zero-order chi connectivity index (χ0) is 11.5. The number of likely N-dealkylation sites (N-methyl/N-ethyl adjacent to an activating group) is 1. The lowest BCUT2D eigenvalue weighted by molar-refractivity contribution is -0.144. The maximum absolute atomic E-state index is 11.1. The van der Waals surface area contributed by atoms with Crippen molar-refractivity contribution in [2.75, 3.05) is 13.6 Å². The summed E-state index contributed by atoms with van der Waals surface area (Å²) in [4.78, 5) is 13.0. The third kappa shape index (κ3) is 2.25. The molecule has 0 amide bonds. The molecule has 1 aromatic rings. The Labute approximate surface area is 95.7 Å². The summed E-state index contributed by atoms with van der Waals surface area (Å²) in [7, 11) is 1.89. The van der Waals surface area contributed by atoms with Crippen molar-refractivity contribution in [2.45, 2.75) is 24.8 Å². The van der Waals surface area contributed by atoms with E-state index in [4.69, 9.17) is 5.11 Å². The summed E-state index contributed by atoms with van der Waals surface area (Å²) in [6.07, 6.45) is 1.76. The molecule has 1 fully saturated rings. The maximum atomic E-state index is 11.1. The van der Waals surface area contributed by atoms with Crippen molar-refractivity contribution < 1.29 is 9.90 Å². The Hall–Kier alpha value is -1.35. The van der Waals surface area contributed by atoms with Gasteiger partial charge in [-0.1, -0.05) is 30.3 Å². The Kier molecular flexibility index (Phi) is 3.25. The second kappa shape index (κ2) is 4.66. The smallest absolute Gasteiger partial charge is 0.320 e. The maximum Gasteiger partial charge on any atom is 0.320 e. The quantitative estimate of drug-likeness (QED) is 0.826. The van der Waals surface area contributed by atoms with Gasteiger partial charge in [-0.05, 0) is 37.9 Å². The van der Waals surface area contributed by atoms with Crippen LogP contribution in [-0.2, 0) is 4.79 Å². The van der Waals surface area contributed by atoms with Crippen LogP contribution in [0.5, 0.6) is 0 Å². The predicted molar refractivity (Wildman–Crippen MR) is 62.5 cm³/mol. The lowest BCUT2D eigenvalue weighted by Crippen LogP contribution is -2.44. The van der Waals surface area contributed by atoms with E-state index in [1.165, 1.54) is 5.56 Å². The van der Waals surface area contributed by atoms with Gasteiger partial charge in [-0.15, -0.1) is 0 Å². The van der Waals surface area contributed by atoms with Gasteiger partial charge in [-0.25, -0.2) is 0 Å². The first-order valence-corrected chi connectivity index (χ1v) is 5.66. The second-order valence-electron chi connectivity index (χ2n) is 4.47. The standard InChI is InChI=1S/C13H17NO2/c1-14-8-7-11(9-12(14)13(15)16)10-5-3-2-4-6-10/h2-6,11-12H,7-9H2,1H3,(H,15,16)/t11-,12-/m0/s1. The topological polar surface area (TPSA) is 40.5 Å². The minimum atomic E-state index is -0.705. The summed E-state index contributed by atoms with van der Waals surface area (Å²) < 4.78 is 0. The molecule has 0 radical (unpaired) electrons. The molecule has 0 unspecified atom stereocenters. The summed E-state index contributed by atoms with van der Waals surface area (Å²) in [5.74, 6) is -0.318. The molecule has 1 heterocycles. The van der Waals surface area contributed by atoms with E-state index in [0.717, 1.165) is 19.4 Å². The highest BCUT2D eigenvalue weighted by Crippen LogP contribution is 2.30. The van der Waals surface area contributed by atoms with Crippen LogP contribution in [0.25, 0.3) is 0 Å². The Morgan fingerprint density at radius 1 is 1.38 bits per heavy atom.